The van der Waals surface area contributed by atoms with Crippen LogP contribution in [-0.2, 0) is 15.1 Å². The van der Waals surface area contributed by atoms with Crippen LogP contribution in [0.25, 0.3) is 11.4 Å². The molecule has 1 fully saturated rings. The third-order valence-electron chi connectivity index (χ3n) is 4.65. The molecule has 4 heterocycles. The number of aryl methyl sites for hydroxylation is 1. The highest BCUT2D eigenvalue weighted by molar-refractivity contribution is 7.14. The number of hydrogen-bond acceptors (Lipinski definition) is 7. The van der Waals surface area contributed by atoms with E-state index < -0.39 is 11.4 Å². The molecule has 10 heteroatoms. The van der Waals surface area contributed by atoms with Crippen molar-refractivity contribution in [1.29, 1.82) is 5.26 Å². The second kappa shape index (κ2) is 8.06. The van der Waals surface area contributed by atoms with E-state index in [-0.39, 0.29) is 25.7 Å². The smallest absolute Gasteiger partial charge is 0.253 e. The molecule has 1 aliphatic heterocycles. The Hall–Kier alpha value is -3.55. The van der Waals surface area contributed by atoms with Gasteiger partial charge in [0, 0.05) is 23.5 Å². The highest BCUT2D eigenvalue weighted by atomic mass is 32.1. The number of aromatic nitrogens is 3. The summed E-state index contributed by atoms with van der Waals surface area (Å²) < 4.78 is 6.79. The lowest BCUT2D eigenvalue weighted by atomic mass is 10.00. The van der Waals surface area contributed by atoms with Crippen molar-refractivity contribution >= 4 is 28.3 Å². The lowest BCUT2D eigenvalue weighted by Gasteiger charge is -2.36. The molecule has 0 radical (unpaired) electrons. The molecule has 0 atom stereocenters. The highest BCUT2D eigenvalue weighted by Gasteiger charge is 2.40. The van der Waals surface area contributed by atoms with E-state index in [0.717, 1.165) is 11.4 Å². The molecule has 3 aromatic heterocycles. The van der Waals surface area contributed by atoms with Crippen LogP contribution in [-0.4, -0.2) is 46.1 Å². The Morgan fingerprint density at radius 2 is 2.13 bits per heavy atom. The molecule has 1 saturated heterocycles. The Bertz CT molecular complexity index is 1140. The van der Waals surface area contributed by atoms with Gasteiger partial charge in [0.05, 0.1) is 37.1 Å². The average molecular weight is 422 g/mol. The third kappa shape index (κ3) is 3.94. The predicted octanol–water partition coefficient (Wildman–Crippen LogP) is 1.93. The molecule has 152 valence electrons. The molecule has 0 aromatic carbocycles. The molecular formula is C20H18N6O3S. The molecular weight excluding hydrogens is 404 g/mol. The fourth-order valence-corrected chi connectivity index (χ4v) is 3.64. The number of carbonyl (C=O) groups excluding carboxylic acids is 2. The Kier molecular flexibility index (Phi) is 5.31. The van der Waals surface area contributed by atoms with Crippen molar-refractivity contribution in [2.75, 3.05) is 25.1 Å². The number of amides is 2. The number of anilines is 1. The van der Waals surface area contributed by atoms with E-state index in [1.807, 2.05) is 30.5 Å². The van der Waals surface area contributed by atoms with Crippen molar-refractivity contribution in [3.8, 4) is 17.5 Å². The minimum atomic E-state index is -0.759. The topological polar surface area (TPSA) is 122 Å². The zero-order chi connectivity index (χ0) is 21.1. The summed E-state index contributed by atoms with van der Waals surface area (Å²) in [5, 5.41) is 16.8. The quantitative estimate of drug-likeness (QED) is 0.626. The third-order valence-corrected chi connectivity index (χ3v) is 5.41. The molecule has 2 N–H and O–H groups in total. The number of thiazole rings is 1. The first kappa shape index (κ1) is 19.8. The van der Waals surface area contributed by atoms with Crippen molar-refractivity contribution in [2.45, 2.75) is 12.5 Å². The van der Waals surface area contributed by atoms with Crippen LogP contribution in [0.2, 0.25) is 0 Å². The van der Waals surface area contributed by atoms with Gasteiger partial charge < -0.3 is 19.9 Å². The van der Waals surface area contributed by atoms with Gasteiger partial charge in [-0.1, -0.05) is 6.07 Å². The van der Waals surface area contributed by atoms with Gasteiger partial charge in [-0.15, -0.1) is 11.3 Å². The molecule has 30 heavy (non-hydrogen) atoms. The van der Waals surface area contributed by atoms with Crippen LogP contribution in [0.5, 0.6) is 0 Å². The van der Waals surface area contributed by atoms with E-state index in [9.17, 15) is 14.9 Å². The van der Waals surface area contributed by atoms with Gasteiger partial charge >= 0.3 is 0 Å². The lowest BCUT2D eigenvalue weighted by Crippen LogP contribution is -2.50. The first-order valence-electron chi connectivity index (χ1n) is 9.14. The number of pyridine rings is 1. The van der Waals surface area contributed by atoms with Crippen molar-refractivity contribution in [3.05, 3.63) is 53.3 Å². The van der Waals surface area contributed by atoms with E-state index >= 15 is 0 Å². The summed E-state index contributed by atoms with van der Waals surface area (Å²) in [4.78, 5) is 33.3. The summed E-state index contributed by atoms with van der Waals surface area (Å²) in [5.41, 5.74) is 1.90. The average Bonchev–Trinajstić information content (AvgIpc) is 3.36. The monoisotopic (exact) mass is 422 g/mol. The largest absolute Gasteiger partial charge is 0.374 e. The van der Waals surface area contributed by atoms with Crippen molar-refractivity contribution in [3.63, 3.8) is 0 Å². The summed E-state index contributed by atoms with van der Waals surface area (Å²) in [6, 6.07) is 9.46. The van der Waals surface area contributed by atoms with Crippen molar-refractivity contribution in [2.24, 2.45) is 0 Å². The van der Waals surface area contributed by atoms with Crippen LogP contribution in [0.15, 0.2) is 42.0 Å². The minimum absolute atomic E-state index is 0.200. The summed E-state index contributed by atoms with van der Waals surface area (Å²) in [6.07, 6.45) is 3.25. The second-order valence-electron chi connectivity index (χ2n) is 6.88. The van der Waals surface area contributed by atoms with E-state index in [0.29, 0.717) is 16.4 Å². The van der Waals surface area contributed by atoms with Gasteiger partial charge in [0.15, 0.2) is 10.7 Å². The Morgan fingerprint density at radius 3 is 2.83 bits per heavy atom. The van der Waals surface area contributed by atoms with Crippen LogP contribution >= 0.6 is 11.3 Å². The number of ether oxygens (including phenoxy) is 1. The molecule has 2 amide bonds. The fourth-order valence-electron chi connectivity index (χ4n) is 2.92. The van der Waals surface area contributed by atoms with Gasteiger partial charge in [-0.2, -0.15) is 5.26 Å². The maximum Gasteiger partial charge on any atom is 0.253 e. The number of hydrogen-bond donors (Lipinski definition) is 2. The summed E-state index contributed by atoms with van der Waals surface area (Å²) in [5.74, 6) is -0.789. The van der Waals surface area contributed by atoms with Gasteiger partial charge in [-0.3, -0.25) is 14.6 Å². The first-order valence-corrected chi connectivity index (χ1v) is 10.0. The van der Waals surface area contributed by atoms with Gasteiger partial charge in [0.2, 0.25) is 5.91 Å². The molecule has 0 bridgehead atoms. The number of carbonyl (C=O) groups is 2. The SMILES string of the molecule is Cc1cccc(-c2csc(NC(=O)CNC(=O)c3ccn(C4(C#N)COC4)c3)n2)n1. The van der Waals surface area contributed by atoms with E-state index in [1.165, 1.54) is 11.3 Å². The summed E-state index contributed by atoms with van der Waals surface area (Å²) in [7, 11) is 0. The predicted molar refractivity (Wildman–Crippen MR) is 110 cm³/mol. The minimum Gasteiger partial charge on any atom is -0.374 e. The van der Waals surface area contributed by atoms with Crippen molar-refractivity contribution < 1.29 is 14.3 Å². The van der Waals surface area contributed by atoms with Crippen molar-refractivity contribution in [1.82, 2.24) is 19.9 Å². The second-order valence-corrected chi connectivity index (χ2v) is 7.73. The Balaban J connectivity index is 1.32. The normalized spacial score (nSPS) is 14.4. The molecule has 0 unspecified atom stereocenters. The van der Waals surface area contributed by atoms with Crippen LogP contribution in [0.4, 0.5) is 5.13 Å². The Labute approximate surface area is 176 Å². The summed E-state index contributed by atoms with van der Waals surface area (Å²) in [6.45, 7) is 2.27. The van der Waals surface area contributed by atoms with Crippen LogP contribution in [0.1, 0.15) is 16.1 Å². The van der Waals surface area contributed by atoms with Gasteiger partial charge in [0.1, 0.15) is 5.69 Å². The maximum absolute atomic E-state index is 12.3. The van der Waals surface area contributed by atoms with Crippen LogP contribution in [0.3, 0.4) is 0 Å². The highest BCUT2D eigenvalue weighted by Crippen LogP contribution is 2.26. The van der Waals surface area contributed by atoms with Gasteiger partial charge in [-0.05, 0) is 25.1 Å². The Morgan fingerprint density at radius 1 is 1.30 bits per heavy atom. The molecule has 1 aliphatic rings. The van der Waals surface area contributed by atoms with Gasteiger partial charge in [0.25, 0.3) is 5.91 Å². The van der Waals surface area contributed by atoms with Crippen LogP contribution in [0, 0.1) is 18.3 Å². The molecule has 0 saturated carbocycles. The van der Waals surface area contributed by atoms with E-state index in [4.69, 9.17) is 4.74 Å². The standard InChI is InChI=1S/C20H18N6O3S/c1-13-3-2-4-15(23-13)16-9-30-19(24-16)25-17(27)7-22-18(28)14-5-6-26(8-14)20(10-21)11-29-12-20/h2-6,8-9H,7,11-12H2,1H3,(H,22,28)(H,24,25,27). The number of nitrogens with zero attached hydrogens (tertiary/aromatic N) is 4. The van der Waals surface area contributed by atoms with E-state index in [1.54, 1.807) is 23.0 Å². The fraction of sp³-hybridized carbons (Fsp3) is 0.250. The van der Waals surface area contributed by atoms with Crippen LogP contribution < -0.4 is 10.6 Å². The summed E-state index contributed by atoms with van der Waals surface area (Å²) >= 11 is 1.29. The number of nitrogens with one attached hydrogen (secondary N) is 2. The number of rotatable bonds is 6. The van der Waals surface area contributed by atoms with E-state index in [2.05, 4.69) is 26.7 Å². The first-order chi connectivity index (χ1) is 14.5. The maximum atomic E-state index is 12.3. The number of nitriles is 1. The molecule has 0 aliphatic carbocycles. The molecule has 3 aromatic rings. The molecule has 4 rings (SSSR count). The lowest BCUT2D eigenvalue weighted by molar-refractivity contribution is -0.115. The zero-order valence-electron chi connectivity index (χ0n) is 16.1. The molecule has 0 spiro atoms. The zero-order valence-corrected chi connectivity index (χ0v) is 16.9. The molecule has 9 nitrogen and oxygen atoms in total. The van der Waals surface area contributed by atoms with Gasteiger partial charge in [-0.25, -0.2) is 4.98 Å².